The molecule has 0 spiro atoms. The van der Waals surface area contributed by atoms with E-state index in [-0.39, 0.29) is 0 Å². The maximum atomic E-state index is 5.68. The molecule has 0 aliphatic carbocycles. The highest BCUT2D eigenvalue weighted by Gasteiger charge is 2.17. The van der Waals surface area contributed by atoms with Crippen LogP contribution < -0.4 is 0 Å². The van der Waals surface area contributed by atoms with Crippen molar-refractivity contribution in [3.63, 3.8) is 0 Å². The fourth-order valence-corrected chi connectivity index (χ4v) is 1.68. The molecule has 12 heavy (non-hydrogen) atoms. The van der Waals surface area contributed by atoms with E-state index in [1.807, 2.05) is 0 Å². The van der Waals surface area contributed by atoms with E-state index in [0.717, 1.165) is 31.7 Å². The van der Waals surface area contributed by atoms with Gasteiger partial charge < -0.3 is 4.42 Å². The molecule has 2 heterocycles. The number of nitrogens with zero attached hydrogens (tertiary/aromatic N) is 1. The van der Waals surface area contributed by atoms with Gasteiger partial charge in [-0.15, -0.1) is 0 Å². The Morgan fingerprint density at radius 3 is 3.17 bits per heavy atom. The van der Waals surface area contributed by atoms with Crippen LogP contribution in [0, 0.1) is 0 Å². The third-order valence-electron chi connectivity index (χ3n) is 2.47. The van der Waals surface area contributed by atoms with Crippen molar-refractivity contribution in [2.75, 3.05) is 13.6 Å². The zero-order chi connectivity index (χ0) is 8.55. The molecular weight excluding hydrogens is 150 g/mol. The smallest absolute Gasteiger partial charge is 0.121 e. The second kappa shape index (κ2) is 2.94. The minimum absolute atomic E-state index is 0.981. The quantitative estimate of drug-likeness (QED) is 0.631. The van der Waals surface area contributed by atoms with Gasteiger partial charge in [0.25, 0.3) is 0 Å². The number of hydrogen-bond donors (Lipinski definition) is 0. The van der Waals surface area contributed by atoms with E-state index >= 15 is 0 Å². The van der Waals surface area contributed by atoms with Crippen LogP contribution in [-0.2, 0) is 19.4 Å². The maximum absolute atomic E-state index is 5.68. The Morgan fingerprint density at radius 1 is 1.58 bits per heavy atom. The average Bonchev–Trinajstić information content (AvgIpc) is 2.46. The van der Waals surface area contributed by atoms with E-state index in [2.05, 4.69) is 24.9 Å². The van der Waals surface area contributed by atoms with Gasteiger partial charge in [-0.1, -0.05) is 6.92 Å². The van der Waals surface area contributed by atoms with Crippen molar-refractivity contribution in [2.45, 2.75) is 26.3 Å². The molecule has 1 aliphatic heterocycles. The van der Waals surface area contributed by atoms with Crippen LogP contribution in [0.1, 0.15) is 24.0 Å². The van der Waals surface area contributed by atoms with Gasteiger partial charge in [-0.2, -0.15) is 0 Å². The Bertz CT molecular complexity index is 277. The number of furan rings is 1. The number of likely N-dealkylation sites (N-methyl/N-ethyl adjacent to an activating group) is 1. The van der Waals surface area contributed by atoms with Crippen molar-refractivity contribution in [2.24, 2.45) is 0 Å². The first kappa shape index (κ1) is 7.87. The first-order chi connectivity index (χ1) is 5.79. The van der Waals surface area contributed by atoms with Crippen molar-refractivity contribution >= 4 is 0 Å². The summed E-state index contributed by atoms with van der Waals surface area (Å²) in [6.07, 6.45) is 2.16. The Hall–Kier alpha value is -0.760. The summed E-state index contributed by atoms with van der Waals surface area (Å²) in [5.74, 6) is 2.32. The summed E-state index contributed by atoms with van der Waals surface area (Å²) >= 11 is 0. The van der Waals surface area contributed by atoms with Crippen molar-refractivity contribution in [3.8, 4) is 0 Å². The highest BCUT2D eigenvalue weighted by Crippen LogP contribution is 2.21. The van der Waals surface area contributed by atoms with Gasteiger partial charge in [-0.25, -0.2) is 0 Å². The van der Waals surface area contributed by atoms with Crippen LogP contribution in [0.3, 0.4) is 0 Å². The molecule has 0 N–H and O–H groups in total. The van der Waals surface area contributed by atoms with Crippen LogP contribution in [0.4, 0.5) is 0 Å². The Labute approximate surface area is 73.2 Å². The van der Waals surface area contributed by atoms with E-state index in [9.17, 15) is 0 Å². The van der Waals surface area contributed by atoms with Crippen molar-refractivity contribution in [1.29, 1.82) is 0 Å². The molecule has 2 rings (SSSR count). The van der Waals surface area contributed by atoms with Crippen molar-refractivity contribution in [3.05, 3.63) is 23.2 Å². The summed E-state index contributed by atoms with van der Waals surface area (Å²) < 4.78 is 5.68. The van der Waals surface area contributed by atoms with Gasteiger partial charge in [0.1, 0.15) is 11.5 Å². The average molecular weight is 165 g/mol. The molecule has 0 saturated carbocycles. The lowest BCUT2D eigenvalue weighted by atomic mass is 10.1. The lowest BCUT2D eigenvalue weighted by Gasteiger charge is -2.20. The van der Waals surface area contributed by atoms with Crippen LogP contribution in [0.25, 0.3) is 0 Å². The molecule has 0 bridgehead atoms. The third-order valence-corrected chi connectivity index (χ3v) is 2.47. The summed E-state index contributed by atoms with van der Waals surface area (Å²) in [5, 5.41) is 0. The fraction of sp³-hybridized carbons (Fsp3) is 0.600. The Morgan fingerprint density at radius 2 is 2.42 bits per heavy atom. The van der Waals surface area contributed by atoms with Gasteiger partial charge in [-0.05, 0) is 25.1 Å². The molecule has 2 nitrogen and oxygen atoms in total. The summed E-state index contributed by atoms with van der Waals surface area (Å²) in [6.45, 7) is 4.28. The number of fused-ring (bicyclic) bond motifs is 1. The van der Waals surface area contributed by atoms with Crippen LogP contribution >= 0.6 is 0 Å². The van der Waals surface area contributed by atoms with Gasteiger partial charge in [0.15, 0.2) is 0 Å². The second-order valence-electron chi connectivity index (χ2n) is 3.50. The molecular formula is C10H15NO. The van der Waals surface area contributed by atoms with Crippen molar-refractivity contribution in [1.82, 2.24) is 4.90 Å². The Kier molecular flexibility index (Phi) is 1.93. The van der Waals surface area contributed by atoms with Crippen LogP contribution in [0.2, 0.25) is 0 Å². The summed E-state index contributed by atoms with van der Waals surface area (Å²) in [5.41, 5.74) is 1.42. The van der Waals surface area contributed by atoms with Gasteiger partial charge in [0, 0.05) is 13.0 Å². The topological polar surface area (TPSA) is 16.4 Å². The number of rotatable bonds is 1. The highest BCUT2D eigenvalue weighted by molar-refractivity contribution is 5.24. The molecule has 0 aromatic carbocycles. The number of hydrogen-bond acceptors (Lipinski definition) is 2. The Balaban J connectivity index is 2.28. The van der Waals surface area contributed by atoms with Gasteiger partial charge in [0.2, 0.25) is 0 Å². The predicted octanol–water partition coefficient (Wildman–Crippen LogP) is 1.83. The first-order valence-corrected chi connectivity index (χ1v) is 4.58. The monoisotopic (exact) mass is 165 g/mol. The molecule has 0 fully saturated rings. The largest absolute Gasteiger partial charge is 0.464 e. The minimum atomic E-state index is 0.981. The molecule has 0 amide bonds. The molecule has 1 aliphatic rings. The molecule has 66 valence electrons. The number of aryl methyl sites for hydroxylation is 1. The molecule has 1 aromatic heterocycles. The normalized spacial score (nSPS) is 17.8. The fourth-order valence-electron chi connectivity index (χ4n) is 1.68. The van der Waals surface area contributed by atoms with Gasteiger partial charge in [0.05, 0.1) is 6.54 Å². The molecule has 0 unspecified atom stereocenters. The van der Waals surface area contributed by atoms with Crippen LogP contribution in [0.15, 0.2) is 10.5 Å². The summed E-state index contributed by atoms with van der Waals surface area (Å²) in [6, 6.07) is 2.21. The molecule has 2 heteroatoms. The summed E-state index contributed by atoms with van der Waals surface area (Å²) in [7, 11) is 2.14. The standard InChI is InChI=1S/C10H15NO/c1-3-9-6-8-4-5-11(2)7-10(8)12-9/h6H,3-5,7H2,1-2H3. The first-order valence-electron chi connectivity index (χ1n) is 4.58. The predicted molar refractivity (Wildman–Crippen MR) is 48.1 cm³/mol. The van der Waals surface area contributed by atoms with Crippen LogP contribution in [-0.4, -0.2) is 18.5 Å². The zero-order valence-electron chi connectivity index (χ0n) is 7.76. The third kappa shape index (κ3) is 1.27. The molecule has 0 saturated heterocycles. The molecule has 0 atom stereocenters. The SMILES string of the molecule is CCc1cc2c(o1)CN(C)CC2. The van der Waals surface area contributed by atoms with E-state index < -0.39 is 0 Å². The van der Waals surface area contributed by atoms with Crippen molar-refractivity contribution < 1.29 is 4.42 Å². The molecule has 1 aromatic rings. The van der Waals surface area contributed by atoms with E-state index in [1.165, 1.54) is 11.3 Å². The van der Waals surface area contributed by atoms with Gasteiger partial charge in [-0.3, -0.25) is 4.90 Å². The van der Waals surface area contributed by atoms with E-state index in [4.69, 9.17) is 4.42 Å². The maximum Gasteiger partial charge on any atom is 0.121 e. The lowest BCUT2D eigenvalue weighted by molar-refractivity contribution is 0.273. The van der Waals surface area contributed by atoms with E-state index in [1.54, 1.807) is 0 Å². The lowest BCUT2D eigenvalue weighted by Crippen LogP contribution is -2.25. The highest BCUT2D eigenvalue weighted by atomic mass is 16.3. The van der Waals surface area contributed by atoms with Crippen LogP contribution in [0.5, 0.6) is 0 Å². The zero-order valence-corrected chi connectivity index (χ0v) is 7.76. The summed E-state index contributed by atoms with van der Waals surface area (Å²) in [4.78, 5) is 2.30. The van der Waals surface area contributed by atoms with Gasteiger partial charge >= 0.3 is 0 Å². The molecule has 0 radical (unpaired) electrons. The minimum Gasteiger partial charge on any atom is -0.464 e. The van der Waals surface area contributed by atoms with E-state index in [0.29, 0.717) is 0 Å². The second-order valence-corrected chi connectivity index (χ2v) is 3.50.